The van der Waals surface area contributed by atoms with Crippen LogP contribution in [-0.2, 0) is 7.05 Å². The smallest absolute Gasteiger partial charge is 0.255 e. The van der Waals surface area contributed by atoms with Crippen molar-refractivity contribution in [2.45, 2.75) is 6.92 Å². The average molecular weight is 251 g/mol. The molecule has 0 bridgehead atoms. The first-order valence-electron chi connectivity index (χ1n) is 6.38. The van der Waals surface area contributed by atoms with Crippen molar-refractivity contribution in [3.63, 3.8) is 0 Å². The van der Waals surface area contributed by atoms with Crippen molar-refractivity contribution >= 4 is 5.91 Å². The number of hydrogen-bond donors (Lipinski definition) is 1. The maximum Gasteiger partial charge on any atom is 0.255 e. The van der Waals surface area contributed by atoms with Crippen LogP contribution in [0.15, 0.2) is 12.3 Å². The number of β-amino-alcohol motifs (C(OH)–C–C–N with tert-alkyl or cyclic N) is 1. The van der Waals surface area contributed by atoms with E-state index in [0.29, 0.717) is 6.54 Å². The zero-order valence-electron chi connectivity index (χ0n) is 11.1. The fourth-order valence-corrected chi connectivity index (χ4v) is 2.32. The third-order valence-electron chi connectivity index (χ3n) is 3.69. The van der Waals surface area contributed by atoms with Crippen LogP contribution in [0.25, 0.3) is 0 Å². The largest absolute Gasteiger partial charge is 0.395 e. The van der Waals surface area contributed by atoms with Crippen LogP contribution in [0.4, 0.5) is 0 Å². The summed E-state index contributed by atoms with van der Waals surface area (Å²) in [5.41, 5.74) is 1.81. The third-order valence-corrected chi connectivity index (χ3v) is 3.69. The maximum absolute atomic E-state index is 12.3. The molecule has 1 saturated heterocycles. The Hall–Kier alpha value is -1.33. The van der Waals surface area contributed by atoms with Crippen molar-refractivity contribution in [1.82, 2.24) is 14.4 Å². The highest BCUT2D eigenvalue weighted by atomic mass is 16.3. The van der Waals surface area contributed by atoms with Crippen molar-refractivity contribution < 1.29 is 9.90 Å². The Kier molecular flexibility index (Phi) is 4.04. The van der Waals surface area contributed by atoms with Gasteiger partial charge in [0, 0.05) is 51.7 Å². The van der Waals surface area contributed by atoms with Gasteiger partial charge in [0.25, 0.3) is 5.91 Å². The molecule has 0 aliphatic carbocycles. The van der Waals surface area contributed by atoms with E-state index in [0.717, 1.165) is 37.4 Å². The molecule has 1 N–H and O–H groups in total. The standard InChI is InChI=1S/C13H21N3O2/c1-11-12(3-4-14(11)2)13(18)16-7-5-15(6-8-16)9-10-17/h3-4,17H,5-10H2,1-2H3. The van der Waals surface area contributed by atoms with Crippen LogP contribution >= 0.6 is 0 Å². The molecule has 5 nitrogen and oxygen atoms in total. The number of carbonyl (C=O) groups is 1. The summed E-state index contributed by atoms with van der Waals surface area (Å²) in [5, 5.41) is 8.89. The number of rotatable bonds is 3. The molecule has 0 spiro atoms. The second-order valence-electron chi connectivity index (χ2n) is 4.78. The molecule has 1 amide bonds. The Balaban J connectivity index is 1.97. The molecule has 0 atom stereocenters. The van der Waals surface area contributed by atoms with E-state index >= 15 is 0 Å². The van der Waals surface area contributed by atoms with Crippen LogP contribution in [0.1, 0.15) is 16.1 Å². The van der Waals surface area contributed by atoms with Gasteiger partial charge < -0.3 is 14.6 Å². The minimum atomic E-state index is 0.122. The van der Waals surface area contributed by atoms with Crippen LogP contribution in [0.2, 0.25) is 0 Å². The van der Waals surface area contributed by atoms with Crippen LogP contribution in [0.5, 0.6) is 0 Å². The number of aryl methyl sites for hydroxylation is 1. The molecule has 18 heavy (non-hydrogen) atoms. The van der Waals surface area contributed by atoms with Crippen molar-refractivity contribution in [3.8, 4) is 0 Å². The minimum Gasteiger partial charge on any atom is -0.395 e. The Labute approximate surface area is 108 Å². The second kappa shape index (κ2) is 5.54. The highest BCUT2D eigenvalue weighted by Crippen LogP contribution is 2.13. The maximum atomic E-state index is 12.3. The molecule has 1 fully saturated rings. The van der Waals surface area contributed by atoms with Crippen LogP contribution in [-0.4, -0.2) is 64.7 Å². The summed E-state index contributed by atoms with van der Waals surface area (Å²) in [6.45, 7) is 6.03. The van der Waals surface area contributed by atoms with Crippen molar-refractivity contribution in [2.24, 2.45) is 7.05 Å². The molecule has 1 aromatic heterocycles. The fourth-order valence-electron chi connectivity index (χ4n) is 2.32. The zero-order chi connectivity index (χ0) is 13.1. The number of carbonyl (C=O) groups excluding carboxylic acids is 1. The van der Waals surface area contributed by atoms with Crippen molar-refractivity contribution in [2.75, 3.05) is 39.3 Å². The molecule has 0 saturated carbocycles. The molecule has 1 aliphatic rings. The van der Waals surface area contributed by atoms with Crippen molar-refractivity contribution in [3.05, 3.63) is 23.5 Å². The number of aliphatic hydroxyl groups excluding tert-OH is 1. The Morgan fingerprint density at radius 1 is 1.33 bits per heavy atom. The molecular formula is C13H21N3O2. The zero-order valence-corrected chi connectivity index (χ0v) is 11.1. The number of aromatic nitrogens is 1. The van der Waals surface area contributed by atoms with E-state index in [1.807, 2.05) is 35.7 Å². The van der Waals surface area contributed by atoms with Gasteiger partial charge in [0.2, 0.25) is 0 Å². The SMILES string of the molecule is Cc1c(C(=O)N2CCN(CCO)CC2)ccn1C. The molecule has 1 aliphatic heterocycles. The van der Waals surface area contributed by atoms with E-state index in [9.17, 15) is 4.79 Å². The molecule has 5 heteroatoms. The van der Waals surface area contributed by atoms with Gasteiger partial charge in [0.05, 0.1) is 12.2 Å². The summed E-state index contributed by atoms with van der Waals surface area (Å²) < 4.78 is 1.97. The molecular weight excluding hydrogens is 230 g/mol. The average Bonchev–Trinajstić information content (AvgIpc) is 2.71. The quantitative estimate of drug-likeness (QED) is 0.828. The number of amides is 1. The summed E-state index contributed by atoms with van der Waals surface area (Å²) in [4.78, 5) is 16.4. The number of piperazine rings is 1. The Bertz CT molecular complexity index is 420. The van der Waals surface area contributed by atoms with E-state index in [4.69, 9.17) is 5.11 Å². The minimum absolute atomic E-state index is 0.122. The van der Waals surface area contributed by atoms with Crippen LogP contribution in [0, 0.1) is 6.92 Å². The topological polar surface area (TPSA) is 48.7 Å². The number of nitrogens with zero attached hydrogens (tertiary/aromatic N) is 3. The van der Waals surface area contributed by atoms with Gasteiger partial charge in [0.1, 0.15) is 0 Å². The Morgan fingerprint density at radius 2 is 2.00 bits per heavy atom. The van der Waals surface area contributed by atoms with Crippen LogP contribution < -0.4 is 0 Å². The van der Waals surface area contributed by atoms with Gasteiger partial charge in [-0.2, -0.15) is 0 Å². The molecule has 0 unspecified atom stereocenters. The molecule has 2 rings (SSSR count). The second-order valence-corrected chi connectivity index (χ2v) is 4.78. The third kappa shape index (κ3) is 2.57. The van der Waals surface area contributed by atoms with Gasteiger partial charge in [-0.25, -0.2) is 0 Å². The summed E-state index contributed by atoms with van der Waals surface area (Å²) in [6.07, 6.45) is 1.92. The van der Waals surface area contributed by atoms with Crippen molar-refractivity contribution in [1.29, 1.82) is 0 Å². The van der Waals surface area contributed by atoms with Gasteiger partial charge in [-0.3, -0.25) is 9.69 Å². The predicted molar refractivity (Wildman–Crippen MR) is 69.6 cm³/mol. The summed E-state index contributed by atoms with van der Waals surface area (Å²) >= 11 is 0. The van der Waals surface area contributed by atoms with E-state index in [1.54, 1.807) is 0 Å². The van der Waals surface area contributed by atoms with Gasteiger partial charge in [-0.1, -0.05) is 0 Å². The first kappa shape index (κ1) is 13.1. The van der Waals surface area contributed by atoms with E-state index in [2.05, 4.69) is 4.90 Å². The molecule has 0 radical (unpaired) electrons. The molecule has 1 aromatic rings. The van der Waals surface area contributed by atoms with E-state index in [-0.39, 0.29) is 12.5 Å². The highest BCUT2D eigenvalue weighted by molar-refractivity contribution is 5.95. The molecule has 0 aromatic carbocycles. The lowest BCUT2D eigenvalue weighted by molar-refractivity contribution is 0.0614. The lowest BCUT2D eigenvalue weighted by Gasteiger charge is -2.34. The number of hydrogen-bond acceptors (Lipinski definition) is 3. The molecule has 2 heterocycles. The number of aliphatic hydroxyl groups is 1. The predicted octanol–water partition coefficient (Wildman–Crippen LogP) is 0.0836. The normalized spacial score (nSPS) is 17.2. The monoisotopic (exact) mass is 251 g/mol. The van der Waals surface area contributed by atoms with E-state index in [1.165, 1.54) is 0 Å². The summed E-state index contributed by atoms with van der Waals surface area (Å²) in [7, 11) is 1.95. The van der Waals surface area contributed by atoms with Gasteiger partial charge in [0.15, 0.2) is 0 Å². The Morgan fingerprint density at radius 3 is 2.50 bits per heavy atom. The van der Waals surface area contributed by atoms with Crippen LogP contribution in [0.3, 0.4) is 0 Å². The first-order valence-corrected chi connectivity index (χ1v) is 6.38. The van der Waals surface area contributed by atoms with E-state index < -0.39 is 0 Å². The highest BCUT2D eigenvalue weighted by Gasteiger charge is 2.23. The van der Waals surface area contributed by atoms with Gasteiger partial charge in [-0.05, 0) is 13.0 Å². The molecule has 100 valence electrons. The lowest BCUT2D eigenvalue weighted by atomic mass is 10.2. The first-order chi connectivity index (χ1) is 8.63. The fraction of sp³-hybridized carbons (Fsp3) is 0.615. The lowest BCUT2D eigenvalue weighted by Crippen LogP contribution is -2.49. The summed E-state index contributed by atoms with van der Waals surface area (Å²) in [6, 6.07) is 1.89. The summed E-state index contributed by atoms with van der Waals surface area (Å²) in [5.74, 6) is 0.122. The van der Waals surface area contributed by atoms with Gasteiger partial charge in [-0.15, -0.1) is 0 Å². The van der Waals surface area contributed by atoms with Gasteiger partial charge >= 0.3 is 0 Å².